The first-order valence-corrected chi connectivity index (χ1v) is 6.04. The van der Waals surface area contributed by atoms with Crippen molar-refractivity contribution in [2.24, 2.45) is 0 Å². The summed E-state index contributed by atoms with van der Waals surface area (Å²) in [5.41, 5.74) is -0.633. The lowest BCUT2D eigenvalue weighted by molar-refractivity contribution is -0.385. The second-order valence-corrected chi connectivity index (χ2v) is 4.28. The van der Waals surface area contributed by atoms with E-state index in [9.17, 15) is 19.7 Å². The third-order valence-corrected chi connectivity index (χ3v) is 2.76. The fourth-order valence-corrected chi connectivity index (χ4v) is 1.54. The van der Waals surface area contributed by atoms with Gasteiger partial charge in [-0.25, -0.2) is 0 Å². The van der Waals surface area contributed by atoms with Crippen molar-refractivity contribution in [1.29, 1.82) is 0 Å². The number of pyridine rings is 1. The van der Waals surface area contributed by atoms with Crippen molar-refractivity contribution >= 4 is 11.6 Å². The monoisotopic (exact) mass is 267 g/mol. The molecule has 0 spiro atoms. The molecule has 7 heteroatoms. The largest absolute Gasteiger partial charge is 0.344 e. The molecule has 1 rings (SSSR count). The van der Waals surface area contributed by atoms with Gasteiger partial charge in [-0.3, -0.25) is 24.3 Å². The first-order chi connectivity index (χ1) is 8.95. The average molecular weight is 267 g/mol. The van der Waals surface area contributed by atoms with Crippen LogP contribution < -0.4 is 5.56 Å². The lowest BCUT2D eigenvalue weighted by Gasteiger charge is -2.17. The number of unbranched alkanes of at least 4 members (excludes halogenated alkanes) is 1. The third kappa shape index (κ3) is 4.20. The van der Waals surface area contributed by atoms with Crippen molar-refractivity contribution in [2.45, 2.75) is 26.3 Å². The van der Waals surface area contributed by atoms with Crippen LogP contribution in [-0.4, -0.2) is 33.9 Å². The normalized spacial score (nSPS) is 10.2. The van der Waals surface area contributed by atoms with Gasteiger partial charge in [0.1, 0.15) is 6.54 Å². The predicted molar refractivity (Wildman–Crippen MR) is 69.9 cm³/mol. The Balaban J connectivity index is 2.81. The Hall–Kier alpha value is -2.18. The van der Waals surface area contributed by atoms with Crippen LogP contribution in [0.3, 0.4) is 0 Å². The van der Waals surface area contributed by atoms with E-state index >= 15 is 0 Å². The summed E-state index contributed by atoms with van der Waals surface area (Å²) < 4.78 is 1.06. The highest BCUT2D eigenvalue weighted by Gasteiger charge is 2.13. The molecule has 1 aromatic rings. The minimum Gasteiger partial charge on any atom is -0.344 e. The zero-order valence-corrected chi connectivity index (χ0v) is 11.0. The quantitative estimate of drug-likeness (QED) is 0.568. The van der Waals surface area contributed by atoms with E-state index in [4.69, 9.17) is 0 Å². The molecule has 0 radical (unpaired) electrons. The van der Waals surface area contributed by atoms with Gasteiger partial charge in [0.25, 0.3) is 11.2 Å². The Morgan fingerprint density at radius 3 is 2.74 bits per heavy atom. The number of amides is 1. The number of carbonyl (C=O) groups excluding carboxylic acids is 1. The van der Waals surface area contributed by atoms with Gasteiger partial charge in [0, 0.05) is 25.7 Å². The van der Waals surface area contributed by atoms with Crippen LogP contribution in [0.4, 0.5) is 5.69 Å². The van der Waals surface area contributed by atoms with E-state index in [0.717, 1.165) is 35.7 Å². The van der Waals surface area contributed by atoms with E-state index in [0.29, 0.717) is 6.54 Å². The zero-order chi connectivity index (χ0) is 14.4. The molecule has 1 amide bonds. The standard InChI is InChI=1S/C12H17N3O4/c1-3-4-7-13(2)12(17)9-14-8-10(15(18)19)5-6-11(14)16/h5-6,8H,3-4,7,9H2,1-2H3. The van der Waals surface area contributed by atoms with Crippen LogP contribution in [0.25, 0.3) is 0 Å². The zero-order valence-electron chi connectivity index (χ0n) is 11.0. The molecular formula is C12H17N3O4. The molecule has 0 fully saturated rings. The van der Waals surface area contributed by atoms with E-state index in [1.54, 1.807) is 7.05 Å². The molecule has 0 aliphatic heterocycles. The molecule has 1 heterocycles. The Bertz CT molecular complexity index is 524. The number of likely N-dealkylation sites (N-methyl/N-ethyl adjacent to an activating group) is 1. The second-order valence-electron chi connectivity index (χ2n) is 4.28. The van der Waals surface area contributed by atoms with Crippen LogP contribution in [0.2, 0.25) is 0 Å². The molecule has 0 saturated heterocycles. The van der Waals surface area contributed by atoms with Gasteiger partial charge in [-0.15, -0.1) is 0 Å². The topological polar surface area (TPSA) is 85.4 Å². The van der Waals surface area contributed by atoms with Crippen molar-refractivity contribution in [3.63, 3.8) is 0 Å². The molecule has 19 heavy (non-hydrogen) atoms. The summed E-state index contributed by atoms with van der Waals surface area (Å²) in [6.45, 7) is 2.45. The molecule has 0 unspecified atom stereocenters. The lowest BCUT2D eigenvalue weighted by atomic mass is 10.3. The van der Waals surface area contributed by atoms with E-state index in [1.807, 2.05) is 6.92 Å². The number of hydrogen-bond donors (Lipinski definition) is 0. The first-order valence-electron chi connectivity index (χ1n) is 6.04. The second kappa shape index (κ2) is 6.67. The number of hydrogen-bond acceptors (Lipinski definition) is 4. The average Bonchev–Trinajstić information content (AvgIpc) is 2.38. The summed E-state index contributed by atoms with van der Waals surface area (Å²) in [6, 6.07) is 2.22. The van der Waals surface area contributed by atoms with E-state index in [-0.39, 0.29) is 18.1 Å². The van der Waals surface area contributed by atoms with Crippen molar-refractivity contribution in [3.05, 3.63) is 38.8 Å². The van der Waals surface area contributed by atoms with Crippen molar-refractivity contribution in [3.8, 4) is 0 Å². The SMILES string of the molecule is CCCCN(C)C(=O)Cn1cc([N+](=O)[O-])ccc1=O. The number of aromatic nitrogens is 1. The van der Waals surface area contributed by atoms with Gasteiger partial charge in [-0.1, -0.05) is 13.3 Å². The maximum Gasteiger partial charge on any atom is 0.285 e. The highest BCUT2D eigenvalue weighted by atomic mass is 16.6. The van der Waals surface area contributed by atoms with Crippen molar-refractivity contribution < 1.29 is 9.72 Å². The molecule has 7 nitrogen and oxygen atoms in total. The van der Waals surface area contributed by atoms with Crippen molar-refractivity contribution in [1.82, 2.24) is 9.47 Å². The van der Waals surface area contributed by atoms with Gasteiger partial charge in [0.2, 0.25) is 5.91 Å². The molecular weight excluding hydrogens is 250 g/mol. The molecule has 0 saturated carbocycles. The molecule has 0 atom stereocenters. The van der Waals surface area contributed by atoms with Gasteiger partial charge >= 0.3 is 0 Å². The highest BCUT2D eigenvalue weighted by Crippen LogP contribution is 2.06. The summed E-state index contributed by atoms with van der Waals surface area (Å²) >= 11 is 0. The van der Waals surface area contributed by atoms with E-state index < -0.39 is 10.5 Å². The van der Waals surface area contributed by atoms with Crippen LogP contribution in [-0.2, 0) is 11.3 Å². The maximum atomic E-state index is 11.8. The Labute approximate surface area is 110 Å². The van der Waals surface area contributed by atoms with Gasteiger partial charge in [0.05, 0.1) is 11.1 Å². The number of nitro groups is 1. The minimum atomic E-state index is -0.596. The minimum absolute atomic E-state index is 0.180. The summed E-state index contributed by atoms with van der Waals surface area (Å²) in [5, 5.41) is 10.6. The first kappa shape index (κ1) is 14.9. The van der Waals surface area contributed by atoms with Gasteiger partial charge in [0.15, 0.2) is 0 Å². The molecule has 1 aromatic heterocycles. The summed E-state index contributed by atoms with van der Waals surface area (Å²) in [6.07, 6.45) is 2.94. The molecule has 104 valence electrons. The Morgan fingerprint density at radius 1 is 1.47 bits per heavy atom. The molecule has 0 aromatic carbocycles. The van der Waals surface area contributed by atoms with Crippen LogP contribution >= 0.6 is 0 Å². The lowest BCUT2D eigenvalue weighted by Crippen LogP contribution is -2.34. The smallest absolute Gasteiger partial charge is 0.285 e. The summed E-state index contributed by atoms with van der Waals surface area (Å²) in [7, 11) is 1.65. The van der Waals surface area contributed by atoms with Gasteiger partial charge in [-0.2, -0.15) is 0 Å². The summed E-state index contributed by atoms with van der Waals surface area (Å²) in [4.78, 5) is 34.9. The van der Waals surface area contributed by atoms with Crippen LogP contribution in [0.1, 0.15) is 19.8 Å². The van der Waals surface area contributed by atoms with Crippen LogP contribution in [0.15, 0.2) is 23.1 Å². The van der Waals surface area contributed by atoms with E-state index in [2.05, 4.69) is 0 Å². The van der Waals surface area contributed by atoms with Gasteiger partial charge in [-0.05, 0) is 6.42 Å². The van der Waals surface area contributed by atoms with Gasteiger partial charge < -0.3 is 4.90 Å². The molecule has 0 aliphatic rings. The predicted octanol–water partition coefficient (Wildman–Crippen LogP) is 1.02. The number of carbonyl (C=O) groups is 1. The van der Waals surface area contributed by atoms with Crippen LogP contribution in [0, 0.1) is 10.1 Å². The fraction of sp³-hybridized carbons (Fsp3) is 0.500. The maximum absolute atomic E-state index is 11.8. The molecule has 0 N–H and O–H groups in total. The third-order valence-electron chi connectivity index (χ3n) is 2.76. The number of nitrogens with zero attached hydrogens (tertiary/aromatic N) is 3. The number of rotatable bonds is 6. The highest BCUT2D eigenvalue weighted by molar-refractivity contribution is 5.75. The Kier molecular flexibility index (Phi) is 5.23. The molecule has 0 bridgehead atoms. The van der Waals surface area contributed by atoms with Crippen molar-refractivity contribution in [2.75, 3.05) is 13.6 Å². The Morgan fingerprint density at radius 2 is 2.16 bits per heavy atom. The molecule has 0 aliphatic carbocycles. The fourth-order valence-electron chi connectivity index (χ4n) is 1.54. The summed E-state index contributed by atoms with van der Waals surface area (Å²) in [5.74, 6) is -0.240. The van der Waals surface area contributed by atoms with E-state index in [1.165, 1.54) is 4.90 Å². The van der Waals surface area contributed by atoms with Crippen LogP contribution in [0.5, 0.6) is 0 Å².